The lowest BCUT2D eigenvalue weighted by atomic mass is 10.1. The minimum Gasteiger partial charge on any atom is -0.426 e. The van der Waals surface area contributed by atoms with Crippen molar-refractivity contribution in [1.29, 1.82) is 0 Å². The third-order valence-electron chi connectivity index (χ3n) is 2.87. The van der Waals surface area contributed by atoms with Crippen LogP contribution in [-0.2, 0) is 0 Å². The van der Waals surface area contributed by atoms with Gasteiger partial charge in [0.15, 0.2) is 5.78 Å². The number of ketones is 1. The fraction of sp³-hybridized carbons (Fsp3) is 0.133. The van der Waals surface area contributed by atoms with Gasteiger partial charge in [-0.2, -0.15) is 0 Å². The van der Waals surface area contributed by atoms with Crippen LogP contribution in [0.1, 0.15) is 33.4 Å². The molecule has 1 aromatic carbocycles. The van der Waals surface area contributed by atoms with Crippen LogP contribution in [0.3, 0.4) is 0 Å². The molecule has 0 aliphatic heterocycles. The Balaban J connectivity index is 2.33. The third-order valence-corrected chi connectivity index (χ3v) is 2.87. The second kappa shape index (κ2) is 5.70. The largest absolute Gasteiger partial charge is 0.426 e. The molecule has 0 bridgehead atoms. The van der Waals surface area contributed by atoms with Gasteiger partial charge in [0.05, 0.1) is 5.56 Å². The van der Waals surface area contributed by atoms with Gasteiger partial charge >= 0.3 is 5.63 Å². The van der Waals surface area contributed by atoms with Gasteiger partial charge in [0.1, 0.15) is 17.3 Å². The zero-order valence-electron chi connectivity index (χ0n) is 11.4. The van der Waals surface area contributed by atoms with Gasteiger partial charge in [0.2, 0.25) is 0 Å². The Bertz CT molecular complexity index is 762. The Labute approximate surface area is 119 Å². The third kappa shape index (κ3) is 3.22. The summed E-state index contributed by atoms with van der Waals surface area (Å²) in [6.45, 7) is 2.82. The summed E-state index contributed by atoms with van der Waals surface area (Å²) in [5.74, 6) is -1.17. The molecule has 0 fully saturated rings. The highest BCUT2D eigenvalue weighted by atomic mass is 19.1. The summed E-state index contributed by atoms with van der Waals surface area (Å²) < 4.78 is 17.7. The van der Waals surface area contributed by atoms with Gasteiger partial charge in [-0.3, -0.25) is 9.59 Å². The number of halogens is 1. The standard InChI is InChI=1S/C15H12FNO4/c1-8(18)12-7-13(15(20)21-9(12)2)17-14(19)10-3-5-11(16)6-4-10/h3-7H,1-2H3,(H,17,19). The monoisotopic (exact) mass is 289 g/mol. The lowest BCUT2D eigenvalue weighted by molar-refractivity contribution is 0.100. The molecule has 5 nitrogen and oxygen atoms in total. The van der Waals surface area contributed by atoms with Crippen LogP contribution < -0.4 is 10.9 Å². The van der Waals surface area contributed by atoms with Crippen LogP contribution in [0.15, 0.2) is 39.5 Å². The van der Waals surface area contributed by atoms with Crippen molar-refractivity contribution in [3.8, 4) is 0 Å². The first-order valence-electron chi connectivity index (χ1n) is 6.11. The van der Waals surface area contributed by atoms with Crippen LogP contribution in [0.5, 0.6) is 0 Å². The van der Waals surface area contributed by atoms with E-state index in [0.717, 1.165) is 12.1 Å². The zero-order chi connectivity index (χ0) is 15.6. The van der Waals surface area contributed by atoms with Gasteiger partial charge in [0, 0.05) is 5.56 Å². The molecule has 0 radical (unpaired) electrons. The number of aryl methyl sites for hydroxylation is 1. The molecule has 2 rings (SSSR count). The molecule has 0 atom stereocenters. The van der Waals surface area contributed by atoms with E-state index in [0.29, 0.717) is 0 Å². The summed E-state index contributed by atoms with van der Waals surface area (Å²) in [6.07, 6.45) is 0. The van der Waals surface area contributed by atoms with Crippen molar-refractivity contribution >= 4 is 17.4 Å². The second-order valence-electron chi connectivity index (χ2n) is 4.43. The van der Waals surface area contributed by atoms with Crippen molar-refractivity contribution in [3.63, 3.8) is 0 Å². The van der Waals surface area contributed by atoms with E-state index in [4.69, 9.17) is 4.42 Å². The van der Waals surface area contributed by atoms with Crippen molar-refractivity contribution in [1.82, 2.24) is 0 Å². The first-order chi connectivity index (χ1) is 9.88. The molecule has 108 valence electrons. The maximum atomic E-state index is 12.8. The van der Waals surface area contributed by atoms with Crippen LogP contribution in [0.25, 0.3) is 0 Å². The summed E-state index contributed by atoms with van der Waals surface area (Å²) in [6, 6.07) is 6.10. The predicted octanol–water partition coefficient (Wildman–Crippen LogP) is 2.54. The van der Waals surface area contributed by atoms with Crippen molar-refractivity contribution in [2.45, 2.75) is 13.8 Å². The van der Waals surface area contributed by atoms with Crippen molar-refractivity contribution in [3.05, 3.63) is 63.5 Å². The molecule has 0 spiro atoms. The molecule has 1 aromatic heterocycles. The minimum atomic E-state index is -0.757. The van der Waals surface area contributed by atoms with Gasteiger partial charge in [-0.05, 0) is 44.2 Å². The summed E-state index contributed by atoms with van der Waals surface area (Å²) >= 11 is 0. The molecule has 6 heteroatoms. The first-order valence-corrected chi connectivity index (χ1v) is 6.11. The number of hydrogen-bond donors (Lipinski definition) is 1. The highest BCUT2D eigenvalue weighted by Crippen LogP contribution is 2.13. The number of nitrogens with one attached hydrogen (secondary N) is 1. The zero-order valence-corrected chi connectivity index (χ0v) is 11.4. The molecular formula is C15H12FNO4. The molecule has 0 aliphatic rings. The average molecular weight is 289 g/mol. The molecule has 1 amide bonds. The van der Waals surface area contributed by atoms with Gasteiger partial charge < -0.3 is 9.73 Å². The summed E-state index contributed by atoms with van der Waals surface area (Å²) in [7, 11) is 0. The minimum absolute atomic E-state index is 0.139. The maximum Gasteiger partial charge on any atom is 0.359 e. The van der Waals surface area contributed by atoms with Crippen LogP contribution in [0, 0.1) is 12.7 Å². The topological polar surface area (TPSA) is 76.4 Å². The van der Waals surface area contributed by atoms with Crippen molar-refractivity contribution < 1.29 is 18.4 Å². The molecule has 0 aliphatic carbocycles. The molecule has 1 N–H and O–H groups in total. The molecule has 0 saturated heterocycles. The molecule has 0 unspecified atom stereocenters. The molecule has 1 heterocycles. The number of rotatable bonds is 3. The molecule has 21 heavy (non-hydrogen) atoms. The summed E-state index contributed by atoms with van der Waals surface area (Å²) in [4.78, 5) is 35.0. The van der Waals surface area contributed by atoms with Crippen molar-refractivity contribution in [2.24, 2.45) is 0 Å². The van der Waals surface area contributed by atoms with Crippen LogP contribution >= 0.6 is 0 Å². The van der Waals surface area contributed by atoms with E-state index in [9.17, 15) is 18.8 Å². The highest BCUT2D eigenvalue weighted by Gasteiger charge is 2.14. The Morgan fingerprint density at radius 3 is 2.38 bits per heavy atom. The predicted molar refractivity (Wildman–Crippen MR) is 74.1 cm³/mol. The highest BCUT2D eigenvalue weighted by molar-refractivity contribution is 6.05. The lowest BCUT2D eigenvalue weighted by Gasteiger charge is -2.06. The van der Waals surface area contributed by atoms with E-state index in [-0.39, 0.29) is 28.4 Å². The average Bonchev–Trinajstić information content (AvgIpc) is 2.42. The van der Waals surface area contributed by atoms with Gasteiger partial charge in [-0.15, -0.1) is 0 Å². The van der Waals surface area contributed by atoms with E-state index >= 15 is 0 Å². The summed E-state index contributed by atoms with van der Waals surface area (Å²) in [5.41, 5.74) is -0.502. The smallest absolute Gasteiger partial charge is 0.359 e. The molecular weight excluding hydrogens is 277 g/mol. The lowest BCUT2D eigenvalue weighted by Crippen LogP contribution is -2.19. The number of amides is 1. The van der Waals surface area contributed by atoms with Gasteiger partial charge in [0.25, 0.3) is 5.91 Å². The summed E-state index contributed by atoms with van der Waals surface area (Å²) in [5, 5.41) is 2.35. The number of Topliss-reactive ketones (excluding diaryl/α,β-unsaturated/α-hetero) is 1. The van der Waals surface area contributed by atoms with Crippen LogP contribution in [-0.4, -0.2) is 11.7 Å². The Morgan fingerprint density at radius 1 is 1.19 bits per heavy atom. The molecule has 2 aromatic rings. The number of benzene rings is 1. The first kappa shape index (κ1) is 14.6. The van der Waals surface area contributed by atoms with E-state index in [1.807, 2.05) is 0 Å². The molecule has 0 saturated carbocycles. The normalized spacial score (nSPS) is 10.2. The van der Waals surface area contributed by atoms with Crippen molar-refractivity contribution in [2.75, 3.05) is 5.32 Å². The quantitative estimate of drug-likeness (QED) is 0.881. The van der Waals surface area contributed by atoms with Crippen LogP contribution in [0.4, 0.5) is 10.1 Å². The van der Waals surface area contributed by atoms with Gasteiger partial charge in [-0.1, -0.05) is 0 Å². The van der Waals surface area contributed by atoms with Crippen LogP contribution in [0.2, 0.25) is 0 Å². The Hall–Kier alpha value is -2.76. The Morgan fingerprint density at radius 2 is 1.81 bits per heavy atom. The van der Waals surface area contributed by atoms with E-state index in [2.05, 4.69) is 5.32 Å². The second-order valence-corrected chi connectivity index (χ2v) is 4.43. The SMILES string of the molecule is CC(=O)c1cc(NC(=O)c2ccc(F)cc2)c(=O)oc1C. The number of carbonyl (C=O) groups is 2. The number of carbonyl (C=O) groups excluding carboxylic acids is 2. The van der Waals surface area contributed by atoms with Gasteiger partial charge in [-0.25, -0.2) is 9.18 Å². The fourth-order valence-corrected chi connectivity index (χ4v) is 1.79. The van der Waals surface area contributed by atoms with E-state index in [1.165, 1.54) is 32.0 Å². The number of anilines is 1. The Kier molecular flexibility index (Phi) is 3.98. The number of hydrogen-bond acceptors (Lipinski definition) is 4. The fourth-order valence-electron chi connectivity index (χ4n) is 1.79. The maximum absolute atomic E-state index is 12.8. The van der Waals surface area contributed by atoms with E-state index < -0.39 is 17.3 Å². The van der Waals surface area contributed by atoms with E-state index in [1.54, 1.807) is 0 Å².